The molecule has 0 bridgehead atoms. The second-order valence-corrected chi connectivity index (χ2v) is 2.82. The van der Waals surface area contributed by atoms with Crippen molar-refractivity contribution in [3.8, 4) is 0 Å². The molecule has 0 fully saturated rings. The number of imidazole rings is 1. The number of aryl methyl sites for hydroxylation is 2. The number of carboxylic acids is 1. The third-order valence-corrected chi connectivity index (χ3v) is 1.96. The summed E-state index contributed by atoms with van der Waals surface area (Å²) < 4.78 is 1.81. The highest BCUT2D eigenvalue weighted by molar-refractivity contribution is 5.70. The van der Waals surface area contributed by atoms with Crippen LogP contribution in [0, 0.1) is 13.8 Å². The number of hydrogen-bond acceptors (Lipinski definition) is 2. The van der Waals surface area contributed by atoms with Gasteiger partial charge in [-0.1, -0.05) is 0 Å². The topological polar surface area (TPSA) is 55.1 Å². The number of carboxylic acid groups (broad SMARTS) is 1. The van der Waals surface area contributed by atoms with E-state index in [1.165, 1.54) is 0 Å². The molecule has 4 nitrogen and oxygen atoms in total. The molecule has 0 aliphatic rings. The standard InChI is InChI=1S/C8H12N2O2/c1-5-7(4-8(11)12)10(3)6(2)9-5/h4H2,1-3H3,(H,11,12). The van der Waals surface area contributed by atoms with Crippen LogP contribution in [0.25, 0.3) is 0 Å². The minimum Gasteiger partial charge on any atom is -0.481 e. The minimum absolute atomic E-state index is 0.0448. The molecule has 1 aromatic rings. The molecule has 0 spiro atoms. The molecule has 1 N–H and O–H groups in total. The molecule has 0 saturated heterocycles. The minimum atomic E-state index is -0.818. The van der Waals surface area contributed by atoms with Crippen LogP contribution in [0.2, 0.25) is 0 Å². The van der Waals surface area contributed by atoms with Gasteiger partial charge in [0, 0.05) is 7.05 Å². The monoisotopic (exact) mass is 168 g/mol. The molecule has 0 aromatic carbocycles. The average molecular weight is 168 g/mol. The van der Waals surface area contributed by atoms with Crippen molar-refractivity contribution in [2.24, 2.45) is 7.05 Å². The zero-order chi connectivity index (χ0) is 9.30. The van der Waals surface area contributed by atoms with Crippen LogP contribution < -0.4 is 0 Å². The van der Waals surface area contributed by atoms with Crippen LogP contribution in [0.3, 0.4) is 0 Å². The van der Waals surface area contributed by atoms with Crippen molar-refractivity contribution in [3.63, 3.8) is 0 Å². The van der Waals surface area contributed by atoms with E-state index in [0.29, 0.717) is 0 Å². The van der Waals surface area contributed by atoms with E-state index in [2.05, 4.69) is 4.98 Å². The molecule has 0 aliphatic carbocycles. The van der Waals surface area contributed by atoms with Crippen LogP contribution in [0.4, 0.5) is 0 Å². The molecule has 1 heterocycles. The molecule has 0 unspecified atom stereocenters. The first-order chi connectivity index (χ1) is 5.52. The van der Waals surface area contributed by atoms with E-state index in [9.17, 15) is 4.79 Å². The van der Waals surface area contributed by atoms with Gasteiger partial charge in [-0.25, -0.2) is 4.98 Å². The Morgan fingerprint density at radius 1 is 1.58 bits per heavy atom. The van der Waals surface area contributed by atoms with Gasteiger partial charge in [0.2, 0.25) is 0 Å². The molecule has 12 heavy (non-hydrogen) atoms. The van der Waals surface area contributed by atoms with Crippen LogP contribution in [-0.2, 0) is 18.3 Å². The Balaban J connectivity index is 3.05. The SMILES string of the molecule is Cc1nc(C)n(C)c1CC(=O)O. The van der Waals surface area contributed by atoms with Gasteiger partial charge in [-0.2, -0.15) is 0 Å². The van der Waals surface area contributed by atoms with E-state index in [0.717, 1.165) is 17.2 Å². The Labute approximate surface area is 70.9 Å². The Kier molecular flexibility index (Phi) is 2.17. The van der Waals surface area contributed by atoms with E-state index in [1.807, 2.05) is 25.5 Å². The number of hydrogen-bond donors (Lipinski definition) is 1. The molecule has 0 saturated carbocycles. The molecule has 1 aromatic heterocycles. The lowest BCUT2D eigenvalue weighted by atomic mass is 10.2. The normalized spacial score (nSPS) is 10.2. The summed E-state index contributed by atoms with van der Waals surface area (Å²) in [5, 5.41) is 8.58. The van der Waals surface area contributed by atoms with Crippen molar-refractivity contribution in [2.75, 3.05) is 0 Å². The maximum absolute atomic E-state index is 10.4. The molecule has 0 amide bonds. The predicted octanol–water partition coefficient (Wildman–Crippen LogP) is 0.664. The first-order valence-corrected chi connectivity index (χ1v) is 3.73. The zero-order valence-corrected chi connectivity index (χ0v) is 7.46. The summed E-state index contributed by atoms with van der Waals surface area (Å²) >= 11 is 0. The fourth-order valence-corrected chi connectivity index (χ4v) is 1.21. The maximum Gasteiger partial charge on any atom is 0.309 e. The summed E-state index contributed by atoms with van der Waals surface area (Å²) in [4.78, 5) is 14.6. The van der Waals surface area contributed by atoms with Gasteiger partial charge in [0.1, 0.15) is 5.82 Å². The first kappa shape index (κ1) is 8.77. The fourth-order valence-electron chi connectivity index (χ4n) is 1.21. The van der Waals surface area contributed by atoms with Crippen LogP contribution in [-0.4, -0.2) is 20.6 Å². The van der Waals surface area contributed by atoms with Crippen molar-refractivity contribution in [2.45, 2.75) is 20.3 Å². The van der Waals surface area contributed by atoms with Crippen molar-refractivity contribution in [1.29, 1.82) is 0 Å². The Morgan fingerprint density at radius 3 is 2.50 bits per heavy atom. The number of carbonyl (C=O) groups is 1. The smallest absolute Gasteiger partial charge is 0.309 e. The quantitative estimate of drug-likeness (QED) is 0.705. The summed E-state index contributed by atoms with van der Waals surface area (Å²) in [6.07, 6.45) is 0.0448. The van der Waals surface area contributed by atoms with Crippen LogP contribution in [0.1, 0.15) is 17.2 Å². The molecule has 0 aliphatic heterocycles. The number of aromatic nitrogens is 2. The van der Waals surface area contributed by atoms with Crippen molar-refractivity contribution < 1.29 is 9.90 Å². The van der Waals surface area contributed by atoms with Gasteiger partial charge in [0.05, 0.1) is 17.8 Å². The molecule has 4 heteroatoms. The zero-order valence-electron chi connectivity index (χ0n) is 7.46. The van der Waals surface area contributed by atoms with Crippen LogP contribution in [0.15, 0.2) is 0 Å². The van der Waals surface area contributed by atoms with E-state index in [4.69, 9.17) is 5.11 Å². The lowest BCUT2D eigenvalue weighted by molar-refractivity contribution is -0.136. The van der Waals surface area contributed by atoms with Gasteiger partial charge < -0.3 is 9.67 Å². The summed E-state index contributed by atoms with van der Waals surface area (Å²) in [5.41, 5.74) is 1.58. The number of aliphatic carboxylic acids is 1. The summed E-state index contributed by atoms with van der Waals surface area (Å²) in [6, 6.07) is 0. The average Bonchev–Trinajstić information content (AvgIpc) is 2.16. The molecule has 0 radical (unpaired) electrons. The Hall–Kier alpha value is -1.32. The number of rotatable bonds is 2. The van der Waals surface area contributed by atoms with E-state index < -0.39 is 5.97 Å². The molecular weight excluding hydrogens is 156 g/mol. The summed E-state index contributed by atoms with van der Waals surface area (Å²) in [6.45, 7) is 3.68. The molecular formula is C8H12N2O2. The van der Waals surface area contributed by atoms with Gasteiger partial charge in [0.25, 0.3) is 0 Å². The highest BCUT2D eigenvalue weighted by Crippen LogP contribution is 2.08. The van der Waals surface area contributed by atoms with Gasteiger partial charge in [-0.3, -0.25) is 4.79 Å². The van der Waals surface area contributed by atoms with Gasteiger partial charge in [0.15, 0.2) is 0 Å². The Bertz CT molecular complexity index is 315. The predicted molar refractivity (Wildman–Crippen MR) is 44.0 cm³/mol. The van der Waals surface area contributed by atoms with Crippen molar-refractivity contribution in [3.05, 3.63) is 17.2 Å². The lowest BCUT2D eigenvalue weighted by Gasteiger charge is -2.00. The molecule has 0 atom stereocenters. The summed E-state index contributed by atoms with van der Waals surface area (Å²) in [5.74, 6) is 0.0323. The highest BCUT2D eigenvalue weighted by Gasteiger charge is 2.10. The van der Waals surface area contributed by atoms with E-state index >= 15 is 0 Å². The third kappa shape index (κ3) is 1.47. The fraction of sp³-hybridized carbons (Fsp3) is 0.500. The van der Waals surface area contributed by atoms with Crippen molar-refractivity contribution >= 4 is 5.97 Å². The second kappa shape index (κ2) is 2.97. The second-order valence-electron chi connectivity index (χ2n) is 2.82. The van der Waals surface area contributed by atoms with E-state index in [1.54, 1.807) is 0 Å². The van der Waals surface area contributed by atoms with Crippen LogP contribution in [0.5, 0.6) is 0 Å². The van der Waals surface area contributed by atoms with Gasteiger partial charge >= 0.3 is 5.97 Å². The molecule has 1 rings (SSSR count). The first-order valence-electron chi connectivity index (χ1n) is 3.73. The van der Waals surface area contributed by atoms with Gasteiger partial charge in [-0.15, -0.1) is 0 Å². The van der Waals surface area contributed by atoms with Gasteiger partial charge in [-0.05, 0) is 13.8 Å². The number of nitrogens with zero attached hydrogens (tertiary/aromatic N) is 2. The third-order valence-electron chi connectivity index (χ3n) is 1.96. The lowest BCUT2D eigenvalue weighted by Crippen LogP contribution is -2.07. The molecule has 66 valence electrons. The van der Waals surface area contributed by atoms with E-state index in [-0.39, 0.29) is 6.42 Å². The largest absolute Gasteiger partial charge is 0.481 e. The van der Waals surface area contributed by atoms with Crippen molar-refractivity contribution in [1.82, 2.24) is 9.55 Å². The van der Waals surface area contributed by atoms with Crippen LogP contribution >= 0.6 is 0 Å². The maximum atomic E-state index is 10.4. The summed E-state index contributed by atoms with van der Waals surface area (Å²) in [7, 11) is 1.83. The highest BCUT2D eigenvalue weighted by atomic mass is 16.4. The Morgan fingerprint density at radius 2 is 2.17 bits per heavy atom.